The van der Waals surface area contributed by atoms with Crippen molar-refractivity contribution in [1.29, 1.82) is 0 Å². The number of nitrogens with zero attached hydrogens (tertiary/aromatic N) is 3. The summed E-state index contributed by atoms with van der Waals surface area (Å²) >= 11 is 0. The number of carbonyl (C=O) groups is 1. The summed E-state index contributed by atoms with van der Waals surface area (Å²) in [7, 11) is 3.70. The monoisotopic (exact) mass is 382 g/mol. The zero-order valence-electron chi connectivity index (χ0n) is 16.4. The van der Waals surface area contributed by atoms with E-state index in [-0.39, 0.29) is 5.91 Å². The molecule has 144 valence electrons. The van der Waals surface area contributed by atoms with Gasteiger partial charge in [-0.25, -0.2) is 4.98 Å². The van der Waals surface area contributed by atoms with Gasteiger partial charge in [0.25, 0.3) is 5.91 Å². The first kappa shape index (κ1) is 18.5. The van der Waals surface area contributed by atoms with Crippen LogP contribution in [0.2, 0.25) is 0 Å². The fourth-order valence-electron chi connectivity index (χ4n) is 3.32. The van der Waals surface area contributed by atoms with Crippen LogP contribution in [0.1, 0.15) is 10.5 Å². The predicted octanol–water partition coefficient (Wildman–Crippen LogP) is 4.54. The molecule has 0 bridgehead atoms. The molecule has 0 aliphatic heterocycles. The number of aromatic nitrogens is 2. The summed E-state index contributed by atoms with van der Waals surface area (Å²) in [4.78, 5) is 18.1. The van der Waals surface area contributed by atoms with E-state index in [0.717, 1.165) is 22.6 Å². The summed E-state index contributed by atoms with van der Waals surface area (Å²) in [5.74, 6) is 0.532. The molecule has 1 N–H and O–H groups in total. The van der Waals surface area contributed by atoms with E-state index in [0.29, 0.717) is 11.4 Å². The summed E-state index contributed by atoms with van der Waals surface area (Å²) in [5.41, 5.74) is 6.89. The Balaban J connectivity index is 1.77. The molecule has 1 heterocycles. The van der Waals surface area contributed by atoms with Gasteiger partial charge in [0.1, 0.15) is 17.2 Å². The lowest BCUT2D eigenvalue weighted by molar-refractivity contribution is 0.0944. The molecule has 0 unspecified atom stereocenters. The van der Waals surface area contributed by atoms with Crippen LogP contribution < -0.4 is 10.4 Å². The first-order valence-corrected chi connectivity index (χ1v) is 9.42. The van der Waals surface area contributed by atoms with Gasteiger partial charge in [0.2, 0.25) is 0 Å². The molecular weight excluding hydrogens is 360 g/mol. The van der Waals surface area contributed by atoms with E-state index in [2.05, 4.69) is 5.43 Å². The maximum absolute atomic E-state index is 13.3. The first-order chi connectivity index (χ1) is 14.1. The van der Waals surface area contributed by atoms with Crippen molar-refractivity contribution in [2.24, 2.45) is 7.05 Å². The second-order valence-electron chi connectivity index (χ2n) is 6.76. The Morgan fingerprint density at radius 3 is 1.93 bits per heavy atom. The third-order valence-corrected chi connectivity index (χ3v) is 4.80. The molecule has 5 nitrogen and oxygen atoms in total. The average Bonchev–Trinajstić information content (AvgIpc) is 3.13. The Hall–Kier alpha value is -3.86. The van der Waals surface area contributed by atoms with E-state index >= 15 is 0 Å². The maximum Gasteiger partial charge on any atom is 0.288 e. The van der Waals surface area contributed by atoms with Crippen LogP contribution >= 0.6 is 0 Å². The molecule has 0 aliphatic carbocycles. The first-order valence-electron chi connectivity index (χ1n) is 9.42. The van der Waals surface area contributed by atoms with Crippen molar-refractivity contribution in [3.8, 4) is 22.6 Å². The number of hydrogen-bond acceptors (Lipinski definition) is 3. The van der Waals surface area contributed by atoms with Crippen LogP contribution in [0.15, 0.2) is 91.0 Å². The molecule has 0 atom stereocenters. The minimum absolute atomic E-state index is 0.215. The van der Waals surface area contributed by atoms with Gasteiger partial charge in [0.05, 0.1) is 5.69 Å². The van der Waals surface area contributed by atoms with Crippen LogP contribution in [0.3, 0.4) is 0 Å². The van der Waals surface area contributed by atoms with Crippen LogP contribution in [0, 0.1) is 0 Å². The third-order valence-electron chi connectivity index (χ3n) is 4.80. The molecule has 0 radical (unpaired) electrons. The van der Waals surface area contributed by atoms with Gasteiger partial charge in [0.15, 0.2) is 0 Å². The number of benzene rings is 3. The van der Waals surface area contributed by atoms with Crippen molar-refractivity contribution in [1.82, 2.24) is 15.0 Å². The van der Waals surface area contributed by atoms with E-state index in [9.17, 15) is 4.79 Å². The van der Waals surface area contributed by atoms with Gasteiger partial charge >= 0.3 is 0 Å². The highest BCUT2D eigenvalue weighted by molar-refractivity contribution is 6.00. The Labute approximate surface area is 170 Å². The van der Waals surface area contributed by atoms with E-state index in [4.69, 9.17) is 4.98 Å². The number of anilines is 1. The van der Waals surface area contributed by atoms with E-state index in [1.165, 1.54) is 0 Å². The van der Waals surface area contributed by atoms with Crippen molar-refractivity contribution in [2.45, 2.75) is 0 Å². The van der Waals surface area contributed by atoms with Gasteiger partial charge in [-0.3, -0.25) is 15.2 Å². The number of hydrogen-bond donors (Lipinski definition) is 1. The standard InChI is InChI=1S/C24H22N4O/c1-27-22(24(29)26-28(2)20-16-10-5-11-17-20)21(18-12-6-3-7-13-18)25-23(27)19-14-8-4-9-15-19/h3-17H,1-2H3,(H,26,29). The fourth-order valence-corrected chi connectivity index (χ4v) is 3.32. The zero-order chi connectivity index (χ0) is 20.2. The molecule has 0 aliphatic rings. The molecule has 0 fully saturated rings. The van der Waals surface area contributed by atoms with E-state index < -0.39 is 0 Å². The molecule has 29 heavy (non-hydrogen) atoms. The lowest BCUT2D eigenvalue weighted by Crippen LogP contribution is -2.40. The Morgan fingerprint density at radius 1 is 0.828 bits per heavy atom. The maximum atomic E-state index is 13.3. The molecule has 1 amide bonds. The highest BCUT2D eigenvalue weighted by Gasteiger charge is 2.23. The summed E-state index contributed by atoms with van der Waals surface area (Å²) < 4.78 is 1.85. The van der Waals surface area contributed by atoms with E-state index in [1.807, 2.05) is 110 Å². The second kappa shape index (κ2) is 8.02. The van der Waals surface area contributed by atoms with Crippen LogP contribution in [0.5, 0.6) is 0 Å². The number of nitrogens with one attached hydrogen (secondary N) is 1. The summed E-state index contributed by atoms with van der Waals surface area (Å²) in [6.07, 6.45) is 0. The summed E-state index contributed by atoms with van der Waals surface area (Å²) in [6, 6.07) is 29.4. The minimum atomic E-state index is -0.215. The predicted molar refractivity (Wildman–Crippen MR) is 116 cm³/mol. The zero-order valence-corrected chi connectivity index (χ0v) is 16.4. The smallest absolute Gasteiger partial charge is 0.288 e. The van der Waals surface area contributed by atoms with Crippen LogP contribution in [0.4, 0.5) is 5.69 Å². The minimum Gasteiger partial charge on any atom is -0.323 e. The molecule has 3 aromatic carbocycles. The highest BCUT2D eigenvalue weighted by Crippen LogP contribution is 2.28. The van der Waals surface area contributed by atoms with Gasteiger partial charge in [-0.2, -0.15) is 0 Å². The van der Waals surface area contributed by atoms with Crippen LogP contribution in [-0.2, 0) is 7.05 Å². The normalized spacial score (nSPS) is 10.6. The second-order valence-corrected chi connectivity index (χ2v) is 6.76. The average molecular weight is 382 g/mol. The van der Waals surface area contributed by atoms with Crippen molar-refractivity contribution in [2.75, 3.05) is 12.1 Å². The topological polar surface area (TPSA) is 50.2 Å². The fraction of sp³-hybridized carbons (Fsp3) is 0.0833. The number of rotatable bonds is 5. The Kier molecular flexibility index (Phi) is 5.12. The highest BCUT2D eigenvalue weighted by atomic mass is 16.2. The molecule has 0 saturated carbocycles. The quantitative estimate of drug-likeness (QED) is 0.516. The van der Waals surface area contributed by atoms with Crippen molar-refractivity contribution >= 4 is 11.6 Å². The molecule has 4 rings (SSSR count). The Morgan fingerprint density at radius 2 is 1.34 bits per heavy atom. The number of para-hydroxylation sites is 1. The summed E-state index contributed by atoms with van der Waals surface area (Å²) in [5, 5.41) is 1.71. The van der Waals surface area contributed by atoms with Gasteiger partial charge < -0.3 is 4.57 Å². The van der Waals surface area contributed by atoms with Crippen molar-refractivity contribution in [3.63, 3.8) is 0 Å². The number of hydrazine groups is 1. The number of carbonyl (C=O) groups excluding carboxylic acids is 1. The molecule has 0 spiro atoms. The van der Waals surface area contributed by atoms with Crippen molar-refractivity contribution in [3.05, 3.63) is 96.7 Å². The molecule has 5 heteroatoms. The van der Waals surface area contributed by atoms with Crippen LogP contribution in [0.25, 0.3) is 22.6 Å². The molecule has 1 aromatic heterocycles. The Bertz CT molecular complexity index is 1110. The lowest BCUT2D eigenvalue weighted by atomic mass is 10.1. The van der Waals surface area contributed by atoms with Gasteiger partial charge in [-0.15, -0.1) is 0 Å². The van der Waals surface area contributed by atoms with Crippen LogP contribution in [-0.4, -0.2) is 22.5 Å². The SMILES string of the molecule is CN(NC(=O)c1c(-c2ccccc2)nc(-c2ccccc2)n1C)c1ccccc1. The number of amides is 1. The molecule has 4 aromatic rings. The largest absolute Gasteiger partial charge is 0.323 e. The number of imidazole rings is 1. The van der Waals surface area contributed by atoms with E-state index in [1.54, 1.807) is 5.01 Å². The third kappa shape index (κ3) is 3.75. The van der Waals surface area contributed by atoms with Gasteiger partial charge in [-0.05, 0) is 12.1 Å². The van der Waals surface area contributed by atoms with Gasteiger partial charge in [0, 0.05) is 25.2 Å². The van der Waals surface area contributed by atoms with Crippen molar-refractivity contribution < 1.29 is 4.79 Å². The summed E-state index contributed by atoms with van der Waals surface area (Å²) in [6.45, 7) is 0. The van der Waals surface area contributed by atoms with Gasteiger partial charge in [-0.1, -0.05) is 78.9 Å². The lowest BCUT2D eigenvalue weighted by Gasteiger charge is -2.20. The molecular formula is C24H22N4O. The molecule has 0 saturated heterocycles.